The van der Waals surface area contributed by atoms with Crippen molar-refractivity contribution in [3.8, 4) is 0 Å². The molecule has 0 bridgehead atoms. The molecule has 1 N–H and O–H groups in total. The van der Waals surface area contributed by atoms with E-state index in [2.05, 4.69) is 26.0 Å². The Morgan fingerprint density at radius 3 is 2.82 bits per heavy atom. The number of nitrogens with one attached hydrogen (secondary N) is 1. The molecule has 2 aromatic rings. The number of aromatic amines is 1. The largest absolute Gasteiger partial charge is 0.444 e. The van der Waals surface area contributed by atoms with Crippen molar-refractivity contribution in [1.82, 2.24) is 24.5 Å². The van der Waals surface area contributed by atoms with Gasteiger partial charge in [0.2, 0.25) is 0 Å². The number of rotatable bonds is 0. The Morgan fingerprint density at radius 2 is 2.07 bits per heavy atom. The lowest BCUT2D eigenvalue weighted by Crippen LogP contribution is -2.39. The van der Waals surface area contributed by atoms with Crippen LogP contribution >= 0.6 is 15.9 Å². The number of amides is 1. The number of carbonyl (C=O) groups is 1. The lowest BCUT2D eigenvalue weighted by Gasteiger charge is -2.31. The Hall–Kier alpha value is -1.90. The third-order valence-electron chi connectivity index (χ3n) is 6.38. The van der Waals surface area contributed by atoms with Crippen molar-refractivity contribution >= 4 is 27.8 Å². The standard InChI is InChI=1S/C19H24BrN5O3/c1-18(2,3)28-17(27)24-7-4-5-19(6-8-24)11-9-10(11)13-12(19)14(26)25-16(21-13)22-15(20)23-25/h10-11H,4-9H2,1-3H3,(H,21,22,23). The molecule has 9 heteroatoms. The van der Waals surface area contributed by atoms with Gasteiger partial charge < -0.3 is 9.64 Å². The van der Waals surface area contributed by atoms with Crippen LogP contribution < -0.4 is 5.56 Å². The predicted octanol–water partition coefficient (Wildman–Crippen LogP) is 2.96. The van der Waals surface area contributed by atoms with Gasteiger partial charge in [-0.25, -0.2) is 9.78 Å². The highest BCUT2D eigenvalue weighted by atomic mass is 79.9. The van der Waals surface area contributed by atoms with Gasteiger partial charge in [-0.1, -0.05) is 0 Å². The van der Waals surface area contributed by atoms with Crippen LogP contribution in [0.2, 0.25) is 0 Å². The van der Waals surface area contributed by atoms with E-state index in [0.29, 0.717) is 35.4 Å². The lowest BCUT2D eigenvalue weighted by atomic mass is 9.73. The molecule has 2 fully saturated rings. The second-order valence-electron chi connectivity index (χ2n) is 9.25. The van der Waals surface area contributed by atoms with Gasteiger partial charge in [-0.3, -0.25) is 9.89 Å². The summed E-state index contributed by atoms with van der Waals surface area (Å²) in [5.74, 6) is 1.23. The molecule has 5 rings (SSSR count). The highest BCUT2D eigenvalue weighted by molar-refractivity contribution is 9.10. The third kappa shape index (κ3) is 2.62. The molecule has 150 valence electrons. The number of carbonyl (C=O) groups excluding carboxylic acids is 1. The maximum atomic E-state index is 13.3. The number of hydrogen-bond donors (Lipinski definition) is 1. The van der Waals surface area contributed by atoms with Crippen molar-refractivity contribution in [2.75, 3.05) is 13.1 Å². The monoisotopic (exact) mass is 449 g/mol. The smallest absolute Gasteiger partial charge is 0.410 e. The average molecular weight is 450 g/mol. The Balaban J connectivity index is 1.50. The Labute approximate surface area is 170 Å². The van der Waals surface area contributed by atoms with Gasteiger partial charge in [-0.2, -0.15) is 9.50 Å². The van der Waals surface area contributed by atoms with E-state index in [9.17, 15) is 9.59 Å². The molecule has 0 radical (unpaired) electrons. The first-order chi connectivity index (χ1) is 13.2. The minimum atomic E-state index is -0.509. The summed E-state index contributed by atoms with van der Waals surface area (Å²) in [4.78, 5) is 36.7. The van der Waals surface area contributed by atoms with E-state index >= 15 is 0 Å². The number of likely N-dealkylation sites (tertiary alicyclic amines) is 1. The second kappa shape index (κ2) is 5.81. The average Bonchev–Trinajstić information content (AvgIpc) is 3.28. The third-order valence-corrected chi connectivity index (χ3v) is 6.73. The van der Waals surface area contributed by atoms with Gasteiger partial charge in [0.25, 0.3) is 11.3 Å². The van der Waals surface area contributed by atoms with Gasteiger partial charge in [0.15, 0.2) is 4.73 Å². The van der Waals surface area contributed by atoms with Gasteiger partial charge in [0.05, 0.1) is 5.69 Å². The SMILES string of the molecule is CC(C)(C)OC(=O)N1CCCC2(CC1)c1c(nc3nc(Br)[nH]n3c1=O)C1CC12. The van der Waals surface area contributed by atoms with Crippen molar-refractivity contribution < 1.29 is 9.53 Å². The van der Waals surface area contributed by atoms with Crippen LogP contribution in [0.15, 0.2) is 9.53 Å². The van der Waals surface area contributed by atoms with E-state index in [-0.39, 0.29) is 17.1 Å². The second-order valence-corrected chi connectivity index (χ2v) is 10.0. The van der Waals surface area contributed by atoms with Crippen molar-refractivity contribution in [2.24, 2.45) is 5.92 Å². The molecular formula is C19H24BrN5O3. The van der Waals surface area contributed by atoms with Gasteiger partial charge in [-0.15, -0.1) is 0 Å². The number of aromatic nitrogens is 4. The normalized spacial score (nSPS) is 28.9. The molecule has 3 unspecified atom stereocenters. The van der Waals surface area contributed by atoms with Gasteiger partial charge in [0.1, 0.15) is 5.60 Å². The van der Waals surface area contributed by atoms with E-state index in [4.69, 9.17) is 9.72 Å². The molecule has 1 saturated heterocycles. The fourth-order valence-corrected chi connectivity index (χ4v) is 5.56. The fraction of sp³-hybridized carbons (Fsp3) is 0.684. The van der Waals surface area contributed by atoms with Crippen molar-refractivity contribution in [3.63, 3.8) is 0 Å². The molecule has 8 nitrogen and oxygen atoms in total. The molecule has 2 aliphatic carbocycles. The first-order valence-electron chi connectivity index (χ1n) is 9.86. The summed E-state index contributed by atoms with van der Waals surface area (Å²) in [5, 5.41) is 2.94. The topological polar surface area (TPSA) is 92.6 Å². The van der Waals surface area contributed by atoms with Crippen molar-refractivity contribution in [2.45, 2.75) is 63.4 Å². The molecule has 1 amide bonds. The minimum Gasteiger partial charge on any atom is -0.444 e. The molecular weight excluding hydrogens is 426 g/mol. The minimum absolute atomic E-state index is 0.0453. The molecule has 3 aliphatic rings. The maximum absolute atomic E-state index is 13.3. The van der Waals surface area contributed by atoms with E-state index in [1.54, 1.807) is 4.90 Å². The summed E-state index contributed by atoms with van der Waals surface area (Å²) in [6.07, 6.45) is 3.35. The quantitative estimate of drug-likeness (QED) is 0.667. The van der Waals surface area contributed by atoms with Gasteiger partial charge in [-0.05, 0) is 68.3 Å². The van der Waals surface area contributed by atoms with Crippen LogP contribution in [-0.2, 0) is 10.2 Å². The Kier molecular flexibility index (Phi) is 3.76. The van der Waals surface area contributed by atoms with Crippen LogP contribution in [0.1, 0.15) is 63.6 Å². The molecule has 1 aliphatic heterocycles. The molecule has 3 atom stereocenters. The number of hydrogen-bond acceptors (Lipinski definition) is 5. The summed E-state index contributed by atoms with van der Waals surface area (Å²) < 4.78 is 7.50. The van der Waals surface area contributed by atoms with E-state index in [1.165, 1.54) is 4.52 Å². The highest BCUT2D eigenvalue weighted by Crippen LogP contribution is 2.67. The molecule has 1 spiro atoms. The van der Waals surface area contributed by atoms with Gasteiger partial charge in [0, 0.05) is 30.0 Å². The first kappa shape index (κ1) is 18.1. The van der Waals surface area contributed by atoms with Gasteiger partial charge >= 0.3 is 6.09 Å². The maximum Gasteiger partial charge on any atom is 0.410 e. The summed E-state index contributed by atoms with van der Waals surface area (Å²) >= 11 is 3.30. The van der Waals surface area contributed by atoms with E-state index in [1.807, 2.05) is 20.8 Å². The summed E-state index contributed by atoms with van der Waals surface area (Å²) in [6, 6.07) is 0. The number of fused-ring (bicyclic) bond motifs is 6. The predicted molar refractivity (Wildman–Crippen MR) is 105 cm³/mol. The van der Waals surface area contributed by atoms with Crippen LogP contribution in [0.3, 0.4) is 0 Å². The highest BCUT2D eigenvalue weighted by Gasteiger charge is 2.63. The molecule has 28 heavy (non-hydrogen) atoms. The van der Waals surface area contributed by atoms with Crippen LogP contribution in [0, 0.1) is 5.92 Å². The molecule has 3 heterocycles. The zero-order chi connectivity index (χ0) is 19.8. The zero-order valence-electron chi connectivity index (χ0n) is 16.3. The molecule has 2 aromatic heterocycles. The van der Waals surface area contributed by atoms with Crippen LogP contribution in [-0.4, -0.2) is 49.3 Å². The fourth-order valence-electron chi connectivity index (χ4n) is 5.22. The number of nitrogens with zero attached hydrogens (tertiary/aromatic N) is 4. The first-order valence-corrected chi connectivity index (χ1v) is 10.7. The van der Waals surface area contributed by atoms with E-state index < -0.39 is 5.60 Å². The summed E-state index contributed by atoms with van der Waals surface area (Å²) in [6.45, 7) is 6.91. The van der Waals surface area contributed by atoms with Crippen LogP contribution in [0.25, 0.3) is 5.78 Å². The molecule has 1 saturated carbocycles. The Bertz CT molecular complexity index is 1040. The van der Waals surface area contributed by atoms with Crippen LogP contribution in [0.5, 0.6) is 0 Å². The number of ether oxygens (including phenoxy) is 1. The summed E-state index contributed by atoms with van der Waals surface area (Å²) in [5.41, 5.74) is 1.02. The van der Waals surface area contributed by atoms with Crippen molar-refractivity contribution in [3.05, 3.63) is 26.3 Å². The van der Waals surface area contributed by atoms with E-state index in [0.717, 1.165) is 36.9 Å². The van der Waals surface area contributed by atoms with Crippen molar-refractivity contribution in [1.29, 1.82) is 0 Å². The number of halogens is 1. The zero-order valence-corrected chi connectivity index (χ0v) is 17.9. The number of H-pyrrole nitrogens is 1. The molecule has 0 aromatic carbocycles. The van der Waals surface area contributed by atoms with Crippen LogP contribution in [0.4, 0.5) is 4.79 Å². The Morgan fingerprint density at radius 1 is 1.29 bits per heavy atom. The summed E-state index contributed by atoms with van der Waals surface area (Å²) in [7, 11) is 0. The lowest BCUT2D eigenvalue weighted by molar-refractivity contribution is 0.0253.